The van der Waals surface area contributed by atoms with Crippen LogP contribution in [-0.4, -0.2) is 22.9 Å². The number of hydrogen-bond acceptors (Lipinski definition) is 5. The number of nitrogens with one attached hydrogen (secondary N) is 1. The lowest BCUT2D eigenvalue weighted by atomic mass is 10.0. The van der Waals surface area contributed by atoms with Crippen molar-refractivity contribution < 1.29 is 4.52 Å². The van der Waals surface area contributed by atoms with Crippen molar-refractivity contribution in [1.82, 2.24) is 15.5 Å². The molecule has 1 aromatic carbocycles. The summed E-state index contributed by atoms with van der Waals surface area (Å²) in [6.45, 7) is 3.13. The first-order valence-electron chi connectivity index (χ1n) is 6.45. The molecule has 1 unspecified atom stereocenters. The third-order valence-corrected chi connectivity index (χ3v) is 4.36. The van der Waals surface area contributed by atoms with Gasteiger partial charge in [0.2, 0.25) is 11.7 Å². The predicted molar refractivity (Wildman–Crippen MR) is 76.1 cm³/mol. The summed E-state index contributed by atoms with van der Waals surface area (Å²) in [6.07, 6.45) is 4.25. The zero-order chi connectivity index (χ0) is 13.3. The molecule has 2 heterocycles. The van der Waals surface area contributed by atoms with Gasteiger partial charge in [0, 0.05) is 10.5 Å². The fourth-order valence-corrected chi connectivity index (χ4v) is 2.79. The van der Waals surface area contributed by atoms with E-state index in [1.165, 1.54) is 4.90 Å². The molecule has 1 aliphatic rings. The number of nitrogens with zero attached hydrogens (tertiary/aromatic N) is 2. The summed E-state index contributed by atoms with van der Waals surface area (Å²) >= 11 is 1.72. The molecule has 0 saturated carbocycles. The Labute approximate surface area is 117 Å². The summed E-state index contributed by atoms with van der Waals surface area (Å²) in [4.78, 5) is 5.78. The molecular formula is C14H17N3OS. The molecule has 2 aromatic rings. The van der Waals surface area contributed by atoms with Crippen LogP contribution in [0.3, 0.4) is 0 Å². The van der Waals surface area contributed by atoms with Gasteiger partial charge in [0.15, 0.2) is 0 Å². The molecule has 19 heavy (non-hydrogen) atoms. The highest BCUT2D eigenvalue weighted by Gasteiger charge is 2.35. The Bertz CT molecular complexity index is 558. The minimum Gasteiger partial charge on any atom is -0.337 e. The van der Waals surface area contributed by atoms with E-state index >= 15 is 0 Å². The van der Waals surface area contributed by atoms with Gasteiger partial charge in [0.25, 0.3) is 0 Å². The molecule has 0 amide bonds. The van der Waals surface area contributed by atoms with Crippen LogP contribution in [0.25, 0.3) is 11.4 Å². The number of benzene rings is 1. The fraction of sp³-hybridized carbons (Fsp3) is 0.429. The standard InChI is InChI=1S/C14H17N3OS/c1-14(8-3-9-15-14)13-16-12(17-18-13)10-4-6-11(19-2)7-5-10/h4-7,15H,3,8-9H2,1-2H3. The lowest BCUT2D eigenvalue weighted by molar-refractivity contribution is 0.275. The van der Waals surface area contributed by atoms with E-state index in [-0.39, 0.29) is 5.54 Å². The molecule has 5 heteroatoms. The van der Waals surface area contributed by atoms with Crippen molar-refractivity contribution in [2.45, 2.75) is 30.2 Å². The summed E-state index contributed by atoms with van der Waals surface area (Å²) in [7, 11) is 0. The first-order chi connectivity index (χ1) is 9.21. The van der Waals surface area contributed by atoms with E-state index in [0.29, 0.717) is 11.7 Å². The Kier molecular flexibility index (Phi) is 3.33. The second-order valence-corrected chi connectivity index (χ2v) is 5.89. The van der Waals surface area contributed by atoms with E-state index in [0.717, 1.165) is 24.9 Å². The maximum Gasteiger partial charge on any atom is 0.246 e. The highest BCUT2D eigenvalue weighted by atomic mass is 32.2. The molecule has 0 spiro atoms. The van der Waals surface area contributed by atoms with E-state index in [4.69, 9.17) is 4.52 Å². The number of hydrogen-bond donors (Lipinski definition) is 1. The second-order valence-electron chi connectivity index (χ2n) is 5.01. The van der Waals surface area contributed by atoms with Crippen LogP contribution in [-0.2, 0) is 5.54 Å². The molecule has 1 saturated heterocycles. The number of aromatic nitrogens is 2. The minimum absolute atomic E-state index is 0.162. The van der Waals surface area contributed by atoms with Crippen LogP contribution in [0, 0.1) is 0 Å². The van der Waals surface area contributed by atoms with Gasteiger partial charge >= 0.3 is 0 Å². The zero-order valence-corrected chi connectivity index (χ0v) is 12.0. The Morgan fingerprint density at radius 2 is 2.11 bits per heavy atom. The molecular weight excluding hydrogens is 258 g/mol. The van der Waals surface area contributed by atoms with Crippen LogP contribution in [0.2, 0.25) is 0 Å². The molecule has 1 atom stereocenters. The van der Waals surface area contributed by atoms with Gasteiger partial charge in [-0.1, -0.05) is 5.16 Å². The Balaban J connectivity index is 1.87. The number of rotatable bonds is 3. The topological polar surface area (TPSA) is 51.0 Å². The molecule has 0 aliphatic carbocycles. The predicted octanol–water partition coefficient (Wildman–Crippen LogP) is 3.06. The first-order valence-corrected chi connectivity index (χ1v) is 7.67. The third-order valence-electron chi connectivity index (χ3n) is 3.61. The highest BCUT2D eigenvalue weighted by molar-refractivity contribution is 7.98. The summed E-state index contributed by atoms with van der Waals surface area (Å²) in [5.74, 6) is 1.35. The van der Waals surface area contributed by atoms with E-state index in [9.17, 15) is 0 Å². The van der Waals surface area contributed by atoms with Gasteiger partial charge in [0.05, 0.1) is 5.54 Å². The van der Waals surface area contributed by atoms with Crippen molar-refractivity contribution >= 4 is 11.8 Å². The number of thioether (sulfide) groups is 1. The van der Waals surface area contributed by atoms with Gasteiger partial charge in [-0.05, 0) is 56.8 Å². The molecule has 1 N–H and O–H groups in total. The van der Waals surface area contributed by atoms with Crippen molar-refractivity contribution in [3.8, 4) is 11.4 Å². The second kappa shape index (κ2) is 4.98. The van der Waals surface area contributed by atoms with Gasteiger partial charge in [-0.15, -0.1) is 11.8 Å². The minimum atomic E-state index is -0.162. The van der Waals surface area contributed by atoms with E-state index in [1.54, 1.807) is 11.8 Å². The quantitative estimate of drug-likeness (QED) is 0.872. The van der Waals surface area contributed by atoms with Gasteiger partial charge in [-0.25, -0.2) is 0 Å². The smallest absolute Gasteiger partial charge is 0.246 e. The van der Waals surface area contributed by atoms with Crippen molar-refractivity contribution in [2.75, 3.05) is 12.8 Å². The van der Waals surface area contributed by atoms with Crippen molar-refractivity contribution in [3.05, 3.63) is 30.2 Å². The molecule has 1 aliphatic heterocycles. The molecule has 3 rings (SSSR count). The molecule has 0 radical (unpaired) electrons. The summed E-state index contributed by atoms with van der Waals surface area (Å²) in [6, 6.07) is 8.22. The van der Waals surface area contributed by atoms with Gasteiger partial charge in [0.1, 0.15) is 0 Å². The van der Waals surface area contributed by atoms with Crippen molar-refractivity contribution in [2.24, 2.45) is 0 Å². The summed E-state index contributed by atoms with van der Waals surface area (Å²) < 4.78 is 5.43. The van der Waals surface area contributed by atoms with Crippen LogP contribution >= 0.6 is 11.8 Å². The van der Waals surface area contributed by atoms with Crippen LogP contribution in [0.5, 0.6) is 0 Å². The van der Waals surface area contributed by atoms with Crippen LogP contribution in [0.4, 0.5) is 0 Å². The van der Waals surface area contributed by atoms with Gasteiger partial charge in [-0.2, -0.15) is 4.98 Å². The first kappa shape index (κ1) is 12.7. The van der Waals surface area contributed by atoms with E-state index < -0.39 is 0 Å². The third kappa shape index (κ3) is 2.40. The maximum absolute atomic E-state index is 5.43. The zero-order valence-electron chi connectivity index (χ0n) is 11.1. The van der Waals surface area contributed by atoms with Crippen LogP contribution in [0.15, 0.2) is 33.7 Å². The van der Waals surface area contributed by atoms with Crippen LogP contribution < -0.4 is 5.32 Å². The van der Waals surface area contributed by atoms with Gasteiger partial charge < -0.3 is 9.84 Å². The van der Waals surface area contributed by atoms with E-state index in [2.05, 4.69) is 40.8 Å². The SMILES string of the molecule is CSc1ccc(-c2noc(C3(C)CCCN3)n2)cc1. The average Bonchev–Trinajstić information content (AvgIpc) is 3.08. The summed E-state index contributed by atoms with van der Waals surface area (Å²) in [5.41, 5.74) is 0.833. The molecule has 0 bridgehead atoms. The molecule has 1 aromatic heterocycles. The van der Waals surface area contributed by atoms with Crippen molar-refractivity contribution in [3.63, 3.8) is 0 Å². The fourth-order valence-electron chi connectivity index (χ4n) is 2.38. The average molecular weight is 275 g/mol. The maximum atomic E-state index is 5.43. The summed E-state index contributed by atoms with van der Waals surface area (Å²) in [5, 5.41) is 7.53. The monoisotopic (exact) mass is 275 g/mol. The molecule has 1 fully saturated rings. The lowest BCUT2D eigenvalue weighted by Gasteiger charge is -2.18. The van der Waals surface area contributed by atoms with E-state index in [1.807, 2.05) is 12.1 Å². The highest BCUT2D eigenvalue weighted by Crippen LogP contribution is 2.30. The molecule has 100 valence electrons. The Morgan fingerprint density at radius 1 is 1.32 bits per heavy atom. The largest absolute Gasteiger partial charge is 0.337 e. The normalized spacial score (nSPS) is 22.8. The molecule has 4 nitrogen and oxygen atoms in total. The van der Waals surface area contributed by atoms with Crippen LogP contribution in [0.1, 0.15) is 25.7 Å². The Morgan fingerprint density at radius 3 is 2.74 bits per heavy atom. The van der Waals surface area contributed by atoms with Crippen molar-refractivity contribution in [1.29, 1.82) is 0 Å². The Hall–Kier alpha value is -1.33. The van der Waals surface area contributed by atoms with Gasteiger partial charge in [-0.3, -0.25) is 0 Å². The lowest BCUT2D eigenvalue weighted by Crippen LogP contribution is -2.33.